The number of anilines is 2. The molecule has 7 rings (SSSR count). The Labute approximate surface area is 314 Å². The second kappa shape index (κ2) is 15.4. The van der Waals surface area contributed by atoms with Gasteiger partial charge in [-0.05, 0) is 93.6 Å². The largest absolute Gasteiger partial charge is 0.382 e. The molecule has 11 nitrogen and oxygen atoms in total. The van der Waals surface area contributed by atoms with E-state index in [1.54, 1.807) is 17.1 Å². The Kier molecular flexibility index (Phi) is 10.7. The first-order valence-electron chi connectivity index (χ1n) is 18.9. The van der Waals surface area contributed by atoms with Crippen molar-refractivity contribution in [3.8, 4) is 0 Å². The molecule has 2 aliphatic rings. The van der Waals surface area contributed by atoms with E-state index in [0.717, 1.165) is 64.7 Å². The standard InChI is InChI=1S/C41H54N11P/c1-8-29-27-37(51-20-16-31(17-21-51)50-24-22-48(3)23-25-50)30(9-2)26-36(29)49(4)28-38(52-35-13-11-10-12-32(35)46-47-52)41(42)45-34-15-14-33-39(44-19-18-43-33)40(34)53(5,6)7/h10-15,18-19,26-28,31H,5,8-9,16-17,20-25H2,1-4,6-7H3,(H2,42,45)/b38-28+. The highest BCUT2D eigenvalue weighted by Crippen LogP contribution is 2.41. The van der Waals surface area contributed by atoms with Crippen LogP contribution in [0.5, 0.6) is 0 Å². The van der Waals surface area contributed by atoms with Gasteiger partial charge in [0.1, 0.15) is 11.2 Å². The number of nitrogens with two attached hydrogens (primary N) is 1. The molecule has 2 N–H and O–H groups in total. The predicted molar refractivity (Wildman–Crippen MR) is 226 cm³/mol. The van der Waals surface area contributed by atoms with Crippen LogP contribution < -0.4 is 20.8 Å². The number of amidine groups is 1. The molecule has 278 valence electrons. The van der Waals surface area contributed by atoms with Crippen LogP contribution in [0.25, 0.3) is 27.8 Å². The Bertz CT molecular complexity index is 2200. The molecule has 0 amide bonds. The van der Waals surface area contributed by atoms with E-state index >= 15 is 0 Å². The van der Waals surface area contributed by atoms with Crippen molar-refractivity contribution in [2.24, 2.45) is 10.7 Å². The highest BCUT2D eigenvalue weighted by molar-refractivity contribution is 7.80. The summed E-state index contributed by atoms with van der Waals surface area (Å²) in [6.45, 7) is 13.9. The van der Waals surface area contributed by atoms with E-state index in [4.69, 9.17) is 15.7 Å². The van der Waals surface area contributed by atoms with Crippen molar-refractivity contribution >= 4 is 69.2 Å². The summed E-state index contributed by atoms with van der Waals surface area (Å²) < 4.78 is 1.79. The summed E-state index contributed by atoms with van der Waals surface area (Å²) in [5.74, 6) is 0.319. The first-order chi connectivity index (χ1) is 25.5. The summed E-state index contributed by atoms with van der Waals surface area (Å²) >= 11 is 0. The van der Waals surface area contributed by atoms with Crippen LogP contribution in [0.15, 0.2) is 72.1 Å². The number of nitrogens with zero attached hydrogens (tertiary/aromatic N) is 10. The molecule has 0 bridgehead atoms. The van der Waals surface area contributed by atoms with E-state index in [-0.39, 0.29) is 0 Å². The third-order valence-corrected chi connectivity index (χ3v) is 12.5. The molecule has 0 saturated carbocycles. The van der Waals surface area contributed by atoms with Crippen molar-refractivity contribution in [3.63, 3.8) is 0 Å². The number of piperazine rings is 1. The molecule has 2 aromatic heterocycles. The summed E-state index contributed by atoms with van der Waals surface area (Å²) in [6, 6.07) is 17.3. The molecule has 4 heterocycles. The third kappa shape index (κ3) is 7.61. The van der Waals surface area contributed by atoms with Gasteiger partial charge in [-0.2, -0.15) is 0 Å². The molecule has 5 aromatic rings. The van der Waals surface area contributed by atoms with Gasteiger partial charge in [-0.25, -0.2) is 9.67 Å². The molecule has 2 saturated heterocycles. The number of benzene rings is 3. The molecule has 0 aliphatic carbocycles. The molecular formula is C41H54N11P. The summed E-state index contributed by atoms with van der Waals surface area (Å²) in [6.07, 6.45) is 14.3. The van der Waals surface area contributed by atoms with Gasteiger partial charge in [0.15, 0.2) is 5.84 Å². The number of fused-ring (bicyclic) bond motifs is 2. The van der Waals surface area contributed by atoms with E-state index in [1.165, 1.54) is 55.8 Å². The zero-order valence-corrected chi connectivity index (χ0v) is 33.1. The van der Waals surface area contributed by atoms with Gasteiger partial charge >= 0.3 is 0 Å². The van der Waals surface area contributed by atoms with Gasteiger partial charge in [-0.1, -0.05) is 44.4 Å². The smallest absolute Gasteiger partial charge is 0.151 e. The molecule has 3 aromatic carbocycles. The number of para-hydroxylation sites is 1. The van der Waals surface area contributed by atoms with Gasteiger partial charge in [0.2, 0.25) is 0 Å². The first-order valence-corrected chi connectivity index (χ1v) is 21.8. The predicted octanol–water partition coefficient (Wildman–Crippen LogP) is 5.67. The molecule has 0 radical (unpaired) electrons. The quantitative estimate of drug-likeness (QED) is 0.110. The van der Waals surface area contributed by atoms with E-state index in [9.17, 15) is 0 Å². The summed E-state index contributed by atoms with van der Waals surface area (Å²) in [5.41, 5.74) is 16.8. The fourth-order valence-corrected chi connectivity index (χ4v) is 9.42. The highest BCUT2D eigenvalue weighted by atomic mass is 31.2. The lowest BCUT2D eigenvalue weighted by Gasteiger charge is -2.43. The van der Waals surface area contributed by atoms with Crippen molar-refractivity contribution in [1.82, 2.24) is 34.8 Å². The van der Waals surface area contributed by atoms with Crippen LogP contribution in [0.4, 0.5) is 17.1 Å². The van der Waals surface area contributed by atoms with Crippen LogP contribution in [0.3, 0.4) is 0 Å². The van der Waals surface area contributed by atoms with Crippen molar-refractivity contribution in [3.05, 3.63) is 78.3 Å². The lowest BCUT2D eigenvalue weighted by atomic mass is 9.97. The molecular weight excluding hydrogens is 678 g/mol. The second-order valence-corrected chi connectivity index (χ2v) is 18.8. The van der Waals surface area contributed by atoms with Crippen molar-refractivity contribution in [2.75, 3.05) is 76.5 Å². The minimum absolute atomic E-state index is 0.319. The van der Waals surface area contributed by atoms with Gasteiger partial charge in [0.25, 0.3) is 0 Å². The Morgan fingerprint density at radius 3 is 2.38 bits per heavy atom. The van der Waals surface area contributed by atoms with Crippen LogP contribution in [0.2, 0.25) is 0 Å². The molecule has 0 unspecified atom stereocenters. The topological polar surface area (TPSA) is 108 Å². The van der Waals surface area contributed by atoms with E-state index < -0.39 is 6.89 Å². The molecule has 12 heteroatoms. The van der Waals surface area contributed by atoms with Gasteiger partial charge in [0.05, 0.1) is 22.2 Å². The van der Waals surface area contributed by atoms with E-state index in [1.807, 2.05) is 42.6 Å². The molecule has 2 aliphatic heterocycles. The highest BCUT2D eigenvalue weighted by Gasteiger charge is 2.28. The number of piperidine rings is 1. The average molecular weight is 732 g/mol. The third-order valence-electron chi connectivity index (χ3n) is 10.9. The summed E-state index contributed by atoms with van der Waals surface area (Å²) in [7, 11) is 4.32. The minimum atomic E-state index is -1.85. The normalized spacial score (nSPS) is 17.3. The maximum Gasteiger partial charge on any atom is 0.151 e. The van der Waals surface area contributed by atoms with E-state index in [2.05, 4.69) is 94.6 Å². The Morgan fingerprint density at radius 1 is 0.943 bits per heavy atom. The lowest BCUT2D eigenvalue weighted by molar-refractivity contribution is 0.0982. The molecule has 0 atom stereocenters. The van der Waals surface area contributed by atoms with Crippen LogP contribution in [-0.2, 0) is 12.8 Å². The van der Waals surface area contributed by atoms with Gasteiger partial charge in [0, 0.05) is 87.6 Å². The van der Waals surface area contributed by atoms with Crippen LogP contribution in [0, 0.1) is 0 Å². The van der Waals surface area contributed by atoms with Gasteiger partial charge in [-0.15, -0.1) is 5.10 Å². The fraction of sp³-hybridized carbons (Fsp3) is 0.415. The summed E-state index contributed by atoms with van der Waals surface area (Å²) in [5, 5.41) is 10.1. The van der Waals surface area contributed by atoms with Crippen molar-refractivity contribution in [1.29, 1.82) is 0 Å². The number of rotatable bonds is 10. The Balaban J connectivity index is 1.26. The number of hydrogen-bond donors (Lipinski definition) is 1. The van der Waals surface area contributed by atoms with Gasteiger partial charge < -0.3 is 20.4 Å². The number of aliphatic imine (C=N–C) groups is 1. The SMILES string of the molecule is C=P(C)(C)c1c(N=C(N)/C(=C\N(C)c2cc(CC)c(N3CCC(N4CCN(C)CC4)CC3)cc2CC)n2nnc3ccccc32)ccc2nccnc12. The monoisotopic (exact) mass is 731 g/mol. The van der Waals surface area contributed by atoms with Crippen molar-refractivity contribution in [2.45, 2.75) is 45.6 Å². The van der Waals surface area contributed by atoms with Crippen LogP contribution >= 0.6 is 6.89 Å². The summed E-state index contributed by atoms with van der Waals surface area (Å²) in [4.78, 5) is 24.3. The Hall–Kier alpha value is -4.57. The number of aromatic nitrogens is 5. The van der Waals surface area contributed by atoms with Crippen LogP contribution in [0.1, 0.15) is 37.8 Å². The zero-order valence-electron chi connectivity index (χ0n) is 32.2. The number of aryl methyl sites for hydroxylation is 2. The van der Waals surface area contributed by atoms with Gasteiger partial charge in [-0.3, -0.25) is 14.9 Å². The zero-order chi connectivity index (χ0) is 37.3. The maximum absolute atomic E-state index is 7.04. The van der Waals surface area contributed by atoms with Crippen molar-refractivity contribution < 1.29 is 0 Å². The Morgan fingerprint density at radius 2 is 1.66 bits per heavy atom. The number of likely N-dealkylation sites (N-methyl/N-ethyl adjacent to an activating group) is 1. The van der Waals surface area contributed by atoms with E-state index in [0.29, 0.717) is 17.6 Å². The molecule has 53 heavy (non-hydrogen) atoms. The fourth-order valence-electron chi connectivity index (χ4n) is 7.93. The number of hydrogen-bond acceptors (Lipinski definition) is 9. The average Bonchev–Trinajstić information content (AvgIpc) is 3.60. The maximum atomic E-state index is 7.04. The second-order valence-electron chi connectivity index (χ2n) is 15.0. The lowest BCUT2D eigenvalue weighted by Crippen LogP contribution is -2.52. The minimum Gasteiger partial charge on any atom is -0.382 e. The first kappa shape index (κ1) is 36.8. The van der Waals surface area contributed by atoms with Crippen LogP contribution in [-0.4, -0.2) is 120 Å². The molecule has 0 spiro atoms. The molecule has 2 fully saturated rings.